The Morgan fingerprint density at radius 3 is 2.47 bits per heavy atom. The number of unbranched alkanes of at least 4 members (excludes halogenated alkanes) is 1. The summed E-state index contributed by atoms with van der Waals surface area (Å²) in [6.45, 7) is 1.97. The molecular formula is C13H16BrF2NO2. The van der Waals surface area contributed by atoms with Crippen molar-refractivity contribution in [2.45, 2.75) is 32.2 Å². The third-order valence-electron chi connectivity index (χ3n) is 2.66. The number of halogens is 3. The van der Waals surface area contributed by atoms with Gasteiger partial charge in [0.05, 0.1) is 7.11 Å². The number of carbonyl (C=O) groups is 1. The van der Waals surface area contributed by atoms with Crippen molar-refractivity contribution in [3.05, 3.63) is 28.2 Å². The Kier molecular flexibility index (Phi) is 6.21. The number of hydrogen-bond acceptors (Lipinski definition) is 3. The summed E-state index contributed by atoms with van der Waals surface area (Å²) in [4.78, 5) is 11.6. The lowest BCUT2D eigenvalue weighted by atomic mass is 10.1. The minimum atomic E-state index is -0.755. The fourth-order valence-corrected chi connectivity index (χ4v) is 2.06. The van der Waals surface area contributed by atoms with Gasteiger partial charge in [-0.2, -0.15) is 0 Å². The Labute approximate surface area is 119 Å². The van der Waals surface area contributed by atoms with Crippen LogP contribution in [0.1, 0.15) is 26.2 Å². The molecule has 0 saturated carbocycles. The van der Waals surface area contributed by atoms with Crippen LogP contribution in [0.2, 0.25) is 0 Å². The number of benzene rings is 1. The summed E-state index contributed by atoms with van der Waals surface area (Å²) < 4.78 is 32.3. The molecule has 0 amide bonds. The zero-order valence-corrected chi connectivity index (χ0v) is 12.4. The molecule has 0 saturated heterocycles. The average Bonchev–Trinajstić information content (AvgIpc) is 2.36. The number of carbonyl (C=O) groups excluding carboxylic acids is 1. The molecule has 19 heavy (non-hydrogen) atoms. The monoisotopic (exact) mass is 335 g/mol. The molecule has 0 aliphatic rings. The Balaban J connectivity index is 2.92. The second kappa shape index (κ2) is 7.43. The van der Waals surface area contributed by atoms with Crippen LogP contribution in [0.15, 0.2) is 16.6 Å². The van der Waals surface area contributed by atoms with Gasteiger partial charge in [-0.1, -0.05) is 35.7 Å². The molecule has 106 valence electrons. The lowest BCUT2D eigenvalue weighted by Gasteiger charge is -2.18. The third-order valence-corrected chi connectivity index (χ3v) is 3.12. The van der Waals surface area contributed by atoms with Gasteiger partial charge in [-0.3, -0.25) is 0 Å². The molecule has 1 N–H and O–H groups in total. The van der Waals surface area contributed by atoms with Crippen LogP contribution in [0.5, 0.6) is 0 Å². The van der Waals surface area contributed by atoms with Crippen LogP contribution in [-0.4, -0.2) is 19.1 Å². The maximum atomic E-state index is 13.7. The summed E-state index contributed by atoms with van der Waals surface area (Å²) >= 11 is 3.00. The maximum Gasteiger partial charge on any atom is 0.328 e. The Morgan fingerprint density at radius 1 is 1.42 bits per heavy atom. The molecule has 1 atom stereocenters. The van der Waals surface area contributed by atoms with E-state index in [1.165, 1.54) is 7.11 Å². The molecule has 0 fully saturated rings. The van der Waals surface area contributed by atoms with Crippen molar-refractivity contribution in [2.24, 2.45) is 0 Å². The highest BCUT2D eigenvalue weighted by Crippen LogP contribution is 2.25. The molecule has 0 heterocycles. The molecule has 0 aliphatic carbocycles. The second-order valence-corrected chi connectivity index (χ2v) is 5.02. The summed E-state index contributed by atoms with van der Waals surface area (Å²) in [6, 6.07) is 1.52. The summed E-state index contributed by atoms with van der Waals surface area (Å²) in [5.41, 5.74) is -0.310. The van der Waals surface area contributed by atoms with E-state index in [0.29, 0.717) is 10.9 Å². The zero-order chi connectivity index (χ0) is 14.4. The summed E-state index contributed by atoms with van der Waals surface area (Å²) in [5, 5.41) is 2.58. The van der Waals surface area contributed by atoms with Gasteiger partial charge in [-0.15, -0.1) is 0 Å². The number of methoxy groups -OCH3 is 1. The maximum absolute atomic E-state index is 13.7. The minimum Gasteiger partial charge on any atom is -0.467 e. The van der Waals surface area contributed by atoms with Crippen LogP contribution < -0.4 is 5.32 Å². The Morgan fingerprint density at radius 2 is 2.00 bits per heavy atom. The standard InChI is InChI=1S/C13H16BrF2NO2/c1-3-4-5-11(13(18)19-2)17-12-9(15)6-8(14)7-10(12)16/h6-7,11,17H,3-5H2,1-2H3. The van der Waals surface area contributed by atoms with Crippen molar-refractivity contribution in [2.75, 3.05) is 12.4 Å². The van der Waals surface area contributed by atoms with Gasteiger partial charge in [0.15, 0.2) is 0 Å². The highest BCUT2D eigenvalue weighted by Gasteiger charge is 2.22. The molecule has 0 aromatic heterocycles. The Bertz CT molecular complexity index is 431. The first kappa shape index (κ1) is 15.9. The molecule has 3 nitrogen and oxygen atoms in total. The van der Waals surface area contributed by atoms with E-state index in [4.69, 9.17) is 0 Å². The highest BCUT2D eigenvalue weighted by atomic mass is 79.9. The van der Waals surface area contributed by atoms with Gasteiger partial charge in [-0.25, -0.2) is 13.6 Å². The summed E-state index contributed by atoms with van der Waals surface area (Å²) in [7, 11) is 1.25. The lowest BCUT2D eigenvalue weighted by molar-refractivity contribution is -0.141. The zero-order valence-electron chi connectivity index (χ0n) is 10.8. The van der Waals surface area contributed by atoms with Crippen molar-refractivity contribution in [1.29, 1.82) is 0 Å². The Hall–Kier alpha value is -1.17. The van der Waals surface area contributed by atoms with Crippen molar-refractivity contribution >= 4 is 27.6 Å². The first-order valence-corrected chi connectivity index (χ1v) is 6.77. The number of rotatable bonds is 6. The lowest BCUT2D eigenvalue weighted by Crippen LogP contribution is -2.31. The quantitative estimate of drug-likeness (QED) is 0.802. The molecule has 1 aromatic carbocycles. The molecule has 0 bridgehead atoms. The van der Waals surface area contributed by atoms with E-state index in [1.807, 2.05) is 6.92 Å². The van der Waals surface area contributed by atoms with Crippen LogP contribution in [0.3, 0.4) is 0 Å². The van der Waals surface area contributed by atoms with E-state index in [1.54, 1.807) is 0 Å². The average molecular weight is 336 g/mol. The third kappa shape index (κ3) is 4.45. The molecule has 0 aliphatic heterocycles. The number of nitrogens with one attached hydrogen (secondary N) is 1. The van der Waals surface area contributed by atoms with E-state index < -0.39 is 23.6 Å². The molecule has 1 aromatic rings. The van der Waals surface area contributed by atoms with Crippen molar-refractivity contribution < 1.29 is 18.3 Å². The van der Waals surface area contributed by atoms with Crippen LogP contribution in [0, 0.1) is 11.6 Å². The molecule has 1 unspecified atom stereocenters. The van der Waals surface area contributed by atoms with Crippen LogP contribution >= 0.6 is 15.9 Å². The molecule has 1 rings (SSSR count). The number of hydrogen-bond donors (Lipinski definition) is 1. The topological polar surface area (TPSA) is 38.3 Å². The minimum absolute atomic E-state index is 0.302. The van der Waals surface area contributed by atoms with Crippen LogP contribution in [-0.2, 0) is 9.53 Å². The SMILES string of the molecule is CCCCC(Nc1c(F)cc(Br)cc1F)C(=O)OC. The van der Waals surface area contributed by atoms with E-state index in [2.05, 4.69) is 26.0 Å². The second-order valence-electron chi connectivity index (χ2n) is 4.11. The van der Waals surface area contributed by atoms with Crippen molar-refractivity contribution in [3.8, 4) is 0 Å². The highest BCUT2D eigenvalue weighted by molar-refractivity contribution is 9.10. The molecular weight excluding hydrogens is 320 g/mol. The molecule has 6 heteroatoms. The number of esters is 1. The molecule has 0 radical (unpaired) electrons. The normalized spacial score (nSPS) is 12.1. The van der Waals surface area contributed by atoms with Gasteiger partial charge in [-0.05, 0) is 18.6 Å². The van der Waals surface area contributed by atoms with E-state index in [0.717, 1.165) is 25.0 Å². The van der Waals surface area contributed by atoms with Gasteiger partial charge in [0.25, 0.3) is 0 Å². The summed E-state index contributed by atoms with van der Waals surface area (Å²) in [6.07, 6.45) is 2.09. The van der Waals surface area contributed by atoms with E-state index in [9.17, 15) is 13.6 Å². The predicted octanol–water partition coefficient (Wildman–Crippen LogP) is 3.87. The van der Waals surface area contributed by atoms with Gasteiger partial charge in [0.2, 0.25) is 0 Å². The first-order valence-electron chi connectivity index (χ1n) is 5.98. The number of anilines is 1. The van der Waals surface area contributed by atoms with Gasteiger partial charge in [0, 0.05) is 4.47 Å². The molecule has 0 spiro atoms. The van der Waals surface area contributed by atoms with Gasteiger partial charge >= 0.3 is 5.97 Å². The summed E-state index contributed by atoms with van der Waals surface area (Å²) in [5.74, 6) is -2.04. The largest absolute Gasteiger partial charge is 0.467 e. The van der Waals surface area contributed by atoms with Crippen LogP contribution in [0.25, 0.3) is 0 Å². The fraction of sp³-hybridized carbons (Fsp3) is 0.462. The van der Waals surface area contributed by atoms with Gasteiger partial charge < -0.3 is 10.1 Å². The smallest absolute Gasteiger partial charge is 0.328 e. The van der Waals surface area contributed by atoms with E-state index >= 15 is 0 Å². The predicted molar refractivity (Wildman–Crippen MR) is 73.0 cm³/mol. The van der Waals surface area contributed by atoms with E-state index in [-0.39, 0.29) is 5.69 Å². The van der Waals surface area contributed by atoms with Crippen molar-refractivity contribution in [1.82, 2.24) is 0 Å². The van der Waals surface area contributed by atoms with Crippen LogP contribution in [0.4, 0.5) is 14.5 Å². The van der Waals surface area contributed by atoms with Gasteiger partial charge in [0.1, 0.15) is 23.4 Å². The number of ether oxygens (including phenoxy) is 1. The van der Waals surface area contributed by atoms with Crippen molar-refractivity contribution in [3.63, 3.8) is 0 Å². The fourth-order valence-electron chi connectivity index (χ4n) is 1.65. The first-order chi connectivity index (χ1) is 8.99.